The number of benzene rings is 2. The van der Waals surface area contributed by atoms with Crippen LogP contribution < -0.4 is 0 Å². The zero-order chi connectivity index (χ0) is 9.10. The van der Waals surface area contributed by atoms with Gasteiger partial charge >= 0.3 is 0 Å². The molecule has 2 heteroatoms. The number of phenolic OH excluding ortho intramolecular Hbond substituents is 1. The van der Waals surface area contributed by atoms with Crippen molar-refractivity contribution in [3.8, 4) is 16.9 Å². The summed E-state index contributed by atoms with van der Waals surface area (Å²) in [5.41, 5.74) is 2.29. The van der Waals surface area contributed by atoms with E-state index < -0.39 is 0 Å². The zero-order valence-electron chi connectivity index (χ0n) is 7.55. The maximum Gasteiger partial charge on any atom is 0.115 e. The van der Waals surface area contributed by atoms with Gasteiger partial charge in [0.15, 0.2) is 0 Å². The van der Waals surface area contributed by atoms with Crippen LogP contribution in [0.5, 0.6) is 5.75 Å². The van der Waals surface area contributed by atoms with Gasteiger partial charge in [-0.2, -0.15) is 0 Å². The maximum absolute atomic E-state index is 9.10. The molecule has 0 radical (unpaired) electrons. The van der Waals surface area contributed by atoms with Crippen LogP contribution in [0.3, 0.4) is 0 Å². The standard InChI is InChI=1S/C12H10O.ClH/c13-12-8-6-11(7-9-12)10-4-2-1-3-5-10;/h1-9,13H;1H. The second kappa shape index (κ2) is 4.68. The lowest BCUT2D eigenvalue weighted by Crippen LogP contribution is -1.74. The summed E-state index contributed by atoms with van der Waals surface area (Å²) in [6.45, 7) is 0. The summed E-state index contributed by atoms with van der Waals surface area (Å²) in [5, 5.41) is 9.10. The molecule has 2 aromatic carbocycles. The van der Waals surface area contributed by atoms with Crippen molar-refractivity contribution in [2.75, 3.05) is 0 Å². The molecule has 0 aliphatic carbocycles. The molecule has 14 heavy (non-hydrogen) atoms. The minimum Gasteiger partial charge on any atom is -0.508 e. The third-order valence-electron chi connectivity index (χ3n) is 1.97. The summed E-state index contributed by atoms with van der Waals surface area (Å²) in [5.74, 6) is 0.305. The van der Waals surface area contributed by atoms with E-state index in [-0.39, 0.29) is 12.4 Å². The van der Waals surface area contributed by atoms with Gasteiger partial charge in [-0.05, 0) is 23.3 Å². The van der Waals surface area contributed by atoms with Crippen LogP contribution in [0.2, 0.25) is 0 Å². The fraction of sp³-hybridized carbons (Fsp3) is 0. The Hall–Kier alpha value is -1.47. The molecule has 1 nitrogen and oxygen atoms in total. The van der Waals surface area contributed by atoms with Crippen LogP contribution in [0.15, 0.2) is 54.6 Å². The van der Waals surface area contributed by atoms with Gasteiger partial charge in [0.25, 0.3) is 0 Å². The Morgan fingerprint density at radius 1 is 0.643 bits per heavy atom. The molecule has 0 spiro atoms. The normalized spacial score (nSPS) is 9.14. The minimum absolute atomic E-state index is 0. The van der Waals surface area contributed by atoms with Crippen LogP contribution >= 0.6 is 12.4 Å². The van der Waals surface area contributed by atoms with Gasteiger partial charge in [0.1, 0.15) is 5.75 Å². The molecule has 0 aliphatic heterocycles. The highest BCUT2D eigenvalue weighted by Gasteiger charge is 1.94. The zero-order valence-corrected chi connectivity index (χ0v) is 8.37. The third-order valence-corrected chi connectivity index (χ3v) is 1.97. The lowest BCUT2D eigenvalue weighted by atomic mass is 10.1. The van der Waals surface area contributed by atoms with E-state index in [0.717, 1.165) is 5.56 Å². The fourth-order valence-corrected chi connectivity index (χ4v) is 1.28. The predicted octanol–water partition coefficient (Wildman–Crippen LogP) is 3.48. The Bertz CT molecular complexity index is 381. The quantitative estimate of drug-likeness (QED) is 0.758. The Balaban J connectivity index is 0.000000980. The van der Waals surface area contributed by atoms with Gasteiger partial charge in [-0.25, -0.2) is 0 Å². The number of halogens is 1. The Kier molecular flexibility index (Phi) is 3.55. The Morgan fingerprint density at radius 2 is 1.14 bits per heavy atom. The summed E-state index contributed by atoms with van der Waals surface area (Å²) < 4.78 is 0. The van der Waals surface area contributed by atoms with Gasteiger partial charge in [-0.1, -0.05) is 42.5 Å². The minimum atomic E-state index is 0. The van der Waals surface area contributed by atoms with Crippen LogP contribution in [0.1, 0.15) is 0 Å². The van der Waals surface area contributed by atoms with Crippen molar-refractivity contribution in [2.24, 2.45) is 0 Å². The molecule has 0 amide bonds. The first-order valence-corrected chi connectivity index (χ1v) is 4.21. The third kappa shape index (κ3) is 2.27. The monoisotopic (exact) mass is 206 g/mol. The largest absolute Gasteiger partial charge is 0.508 e. The molecule has 2 rings (SSSR count). The van der Waals surface area contributed by atoms with E-state index in [1.54, 1.807) is 12.1 Å². The number of phenols is 1. The summed E-state index contributed by atoms with van der Waals surface area (Å²) in [7, 11) is 0. The molecule has 0 atom stereocenters. The van der Waals surface area contributed by atoms with Crippen LogP contribution in [-0.2, 0) is 0 Å². The van der Waals surface area contributed by atoms with Gasteiger partial charge in [0.2, 0.25) is 0 Å². The van der Waals surface area contributed by atoms with E-state index in [1.807, 2.05) is 42.5 Å². The first-order chi connectivity index (χ1) is 6.36. The molecule has 1 N–H and O–H groups in total. The number of hydrogen-bond donors (Lipinski definition) is 1. The SMILES string of the molecule is Cl.Oc1ccc(-c2ccccc2)cc1. The van der Waals surface area contributed by atoms with Crippen LogP contribution in [0.25, 0.3) is 11.1 Å². The fourth-order valence-electron chi connectivity index (χ4n) is 1.28. The van der Waals surface area contributed by atoms with E-state index in [2.05, 4.69) is 0 Å². The summed E-state index contributed by atoms with van der Waals surface area (Å²) in [4.78, 5) is 0. The number of hydrogen-bond acceptors (Lipinski definition) is 1. The lowest BCUT2D eigenvalue weighted by molar-refractivity contribution is 0.475. The summed E-state index contributed by atoms with van der Waals surface area (Å²) in [6, 6.07) is 17.3. The van der Waals surface area contributed by atoms with Crippen LogP contribution in [-0.4, -0.2) is 5.11 Å². The van der Waals surface area contributed by atoms with Crippen molar-refractivity contribution in [1.82, 2.24) is 0 Å². The van der Waals surface area contributed by atoms with Gasteiger partial charge in [0.05, 0.1) is 0 Å². The second-order valence-corrected chi connectivity index (χ2v) is 2.91. The summed E-state index contributed by atoms with van der Waals surface area (Å²) in [6.07, 6.45) is 0. The van der Waals surface area contributed by atoms with Crippen molar-refractivity contribution < 1.29 is 5.11 Å². The maximum atomic E-state index is 9.10. The Labute approximate surface area is 89.4 Å². The first-order valence-electron chi connectivity index (χ1n) is 4.21. The predicted molar refractivity (Wildman–Crippen MR) is 60.8 cm³/mol. The van der Waals surface area contributed by atoms with Crippen molar-refractivity contribution in [3.05, 3.63) is 54.6 Å². The number of aromatic hydroxyl groups is 1. The molecule has 0 aliphatic rings. The molecule has 0 saturated heterocycles. The van der Waals surface area contributed by atoms with E-state index in [1.165, 1.54) is 5.56 Å². The van der Waals surface area contributed by atoms with Crippen molar-refractivity contribution in [2.45, 2.75) is 0 Å². The average molecular weight is 207 g/mol. The topological polar surface area (TPSA) is 20.2 Å². The lowest BCUT2D eigenvalue weighted by Gasteiger charge is -2.00. The summed E-state index contributed by atoms with van der Waals surface area (Å²) >= 11 is 0. The van der Waals surface area contributed by atoms with Crippen molar-refractivity contribution in [1.29, 1.82) is 0 Å². The van der Waals surface area contributed by atoms with Crippen molar-refractivity contribution >= 4 is 12.4 Å². The molecular formula is C12H11ClO. The molecule has 0 unspecified atom stereocenters. The highest BCUT2D eigenvalue weighted by molar-refractivity contribution is 5.85. The highest BCUT2D eigenvalue weighted by atomic mass is 35.5. The first kappa shape index (κ1) is 10.6. The van der Waals surface area contributed by atoms with Crippen molar-refractivity contribution in [3.63, 3.8) is 0 Å². The van der Waals surface area contributed by atoms with E-state index in [9.17, 15) is 0 Å². The van der Waals surface area contributed by atoms with Crippen LogP contribution in [0.4, 0.5) is 0 Å². The second-order valence-electron chi connectivity index (χ2n) is 2.91. The highest BCUT2D eigenvalue weighted by Crippen LogP contribution is 2.20. The molecule has 0 bridgehead atoms. The van der Waals surface area contributed by atoms with E-state index in [4.69, 9.17) is 5.11 Å². The van der Waals surface area contributed by atoms with Gasteiger partial charge in [0, 0.05) is 0 Å². The van der Waals surface area contributed by atoms with Gasteiger partial charge < -0.3 is 5.11 Å². The average Bonchev–Trinajstić information content (AvgIpc) is 2.20. The molecular weight excluding hydrogens is 196 g/mol. The molecule has 72 valence electrons. The van der Waals surface area contributed by atoms with E-state index >= 15 is 0 Å². The molecule has 2 aromatic rings. The molecule has 0 aromatic heterocycles. The van der Waals surface area contributed by atoms with Gasteiger partial charge in [-0.15, -0.1) is 12.4 Å². The molecule has 0 heterocycles. The smallest absolute Gasteiger partial charge is 0.115 e. The van der Waals surface area contributed by atoms with Gasteiger partial charge in [-0.3, -0.25) is 0 Å². The molecule has 0 saturated carbocycles. The Morgan fingerprint density at radius 3 is 1.71 bits per heavy atom. The molecule has 0 fully saturated rings. The van der Waals surface area contributed by atoms with E-state index in [0.29, 0.717) is 5.75 Å². The number of rotatable bonds is 1. The van der Waals surface area contributed by atoms with Crippen LogP contribution in [0, 0.1) is 0 Å².